The summed E-state index contributed by atoms with van der Waals surface area (Å²) in [5.74, 6) is 1.26. The van der Waals surface area contributed by atoms with Crippen LogP contribution in [0.25, 0.3) is 0 Å². The summed E-state index contributed by atoms with van der Waals surface area (Å²) in [5, 5.41) is 9.21. The first-order valence-corrected chi connectivity index (χ1v) is 10.5. The van der Waals surface area contributed by atoms with E-state index < -0.39 is 49.2 Å². The molecule has 2 atom stereocenters. The largest absolute Gasteiger partial charge is 0.408 e. The predicted molar refractivity (Wildman–Crippen MR) is 109 cm³/mol. The third kappa shape index (κ3) is 9.83. The van der Waals surface area contributed by atoms with E-state index in [1.807, 2.05) is 5.43 Å². The number of nitrogens with zero attached hydrogens (tertiary/aromatic N) is 3. The monoisotopic (exact) mass is 522 g/mol. The van der Waals surface area contributed by atoms with E-state index in [1.54, 1.807) is 5.53 Å². The maximum atomic E-state index is 13.4. The molecule has 0 radical (unpaired) electrons. The Morgan fingerprint density at radius 2 is 1.89 bits per heavy atom. The molecule has 1 amide bonds. The van der Waals surface area contributed by atoms with Crippen LogP contribution in [0.5, 0.6) is 0 Å². The topological polar surface area (TPSA) is 121 Å². The van der Waals surface area contributed by atoms with Gasteiger partial charge in [-0.2, -0.15) is 37.0 Å². The molecule has 9 nitrogen and oxygen atoms in total. The molecule has 1 aliphatic carbocycles. The highest BCUT2D eigenvalue weighted by Gasteiger charge is 2.38. The molecule has 0 saturated heterocycles. The number of carbonyl (C=O) groups excluding carboxylic acids is 1. The van der Waals surface area contributed by atoms with Gasteiger partial charge < -0.3 is 10.6 Å². The Morgan fingerprint density at radius 1 is 1.23 bits per heavy atom. The molecular formula is C18H26F8N8O. The summed E-state index contributed by atoms with van der Waals surface area (Å²) < 4.78 is 105. The lowest BCUT2D eigenvalue weighted by atomic mass is 9.82. The first kappa shape index (κ1) is 28.5. The number of carbonyl (C=O) groups is 1. The molecule has 0 bridgehead atoms. The molecule has 1 unspecified atom stereocenters. The molecule has 35 heavy (non-hydrogen) atoms. The van der Waals surface area contributed by atoms with Crippen molar-refractivity contribution in [3.63, 3.8) is 0 Å². The zero-order valence-corrected chi connectivity index (χ0v) is 18.3. The summed E-state index contributed by atoms with van der Waals surface area (Å²) in [5.41, 5.74) is 3.95. The van der Waals surface area contributed by atoms with Gasteiger partial charge in [0.2, 0.25) is 12.3 Å². The number of nitrogens with one attached hydrogen (secondary N) is 4. The normalized spacial score (nSPS) is 19.2. The molecule has 200 valence electrons. The second-order valence-corrected chi connectivity index (χ2v) is 8.10. The highest BCUT2D eigenvalue weighted by molar-refractivity contribution is 5.85. The fourth-order valence-corrected chi connectivity index (χ4v) is 3.75. The van der Waals surface area contributed by atoms with Crippen molar-refractivity contribution < 1.29 is 39.9 Å². The highest BCUT2D eigenvalue weighted by atomic mass is 19.4. The Morgan fingerprint density at radius 3 is 2.43 bits per heavy atom. The quantitative estimate of drug-likeness (QED) is 0.0761. The van der Waals surface area contributed by atoms with Crippen LogP contribution in [0.3, 0.4) is 0 Å². The average Bonchev–Trinajstić information content (AvgIpc) is 3.20. The van der Waals surface area contributed by atoms with Crippen LogP contribution in [0.1, 0.15) is 38.1 Å². The SMILES string of the molecule is NNNC(=NCC(F)(F)F)C(CC(F)(F)F)n1cc(NC[C@@H](NC=O)C2CCC(F)(F)CC2)cn1. The van der Waals surface area contributed by atoms with Gasteiger partial charge in [-0.25, -0.2) is 8.78 Å². The Balaban J connectivity index is 2.17. The summed E-state index contributed by atoms with van der Waals surface area (Å²) in [6.07, 6.45) is -8.80. The maximum Gasteiger partial charge on any atom is 0.408 e. The lowest BCUT2D eigenvalue weighted by Gasteiger charge is -2.33. The second kappa shape index (κ2) is 11.8. The summed E-state index contributed by atoms with van der Waals surface area (Å²) in [7, 11) is 0. The van der Waals surface area contributed by atoms with Gasteiger partial charge in [-0.1, -0.05) is 0 Å². The van der Waals surface area contributed by atoms with Crippen LogP contribution in [0.2, 0.25) is 0 Å². The van der Waals surface area contributed by atoms with Crippen molar-refractivity contribution >= 4 is 17.9 Å². The molecule has 1 saturated carbocycles. The van der Waals surface area contributed by atoms with E-state index in [4.69, 9.17) is 5.84 Å². The van der Waals surface area contributed by atoms with E-state index in [0.717, 1.165) is 17.1 Å². The van der Waals surface area contributed by atoms with Crippen molar-refractivity contribution in [1.82, 2.24) is 26.1 Å². The van der Waals surface area contributed by atoms with Crippen LogP contribution in [-0.4, -0.2) is 59.4 Å². The Kier molecular flexibility index (Phi) is 9.65. The van der Waals surface area contributed by atoms with Crippen molar-refractivity contribution in [1.29, 1.82) is 0 Å². The standard InChI is InChI=1S/C18H26F8N8O/c19-16(20)3-1-11(2-4-16)13(30-10-35)7-28-12-6-31-34(8-12)14(5-17(21,22)23)15(32-33-27)29-9-18(24,25)26/h6,8,10-11,13-14,28,33H,1-5,7,9,27H2,(H,29,32)(H,30,35)/t13-,14?/m1/s1. The van der Waals surface area contributed by atoms with Gasteiger partial charge in [0, 0.05) is 31.6 Å². The molecule has 6 N–H and O–H groups in total. The van der Waals surface area contributed by atoms with Crippen molar-refractivity contribution in [3.05, 3.63) is 12.4 Å². The smallest absolute Gasteiger partial charge is 0.380 e. The minimum Gasteiger partial charge on any atom is -0.380 e. The minimum atomic E-state index is -4.79. The third-order valence-electron chi connectivity index (χ3n) is 5.43. The number of aromatic nitrogens is 2. The van der Waals surface area contributed by atoms with Crippen LogP contribution in [0.4, 0.5) is 40.8 Å². The van der Waals surface area contributed by atoms with E-state index in [9.17, 15) is 39.9 Å². The van der Waals surface area contributed by atoms with Crippen LogP contribution >= 0.6 is 0 Å². The van der Waals surface area contributed by atoms with Crippen molar-refractivity contribution in [2.75, 3.05) is 18.4 Å². The lowest BCUT2D eigenvalue weighted by Crippen LogP contribution is -2.47. The number of nitrogens with two attached hydrogens (primary N) is 1. The summed E-state index contributed by atoms with van der Waals surface area (Å²) in [4.78, 5) is 14.1. The van der Waals surface area contributed by atoms with Crippen LogP contribution < -0.4 is 27.4 Å². The number of hydrogen-bond acceptors (Lipinski definition) is 6. The molecule has 1 aliphatic rings. The van der Waals surface area contributed by atoms with Gasteiger partial charge in [0.1, 0.15) is 18.4 Å². The zero-order valence-electron chi connectivity index (χ0n) is 18.3. The van der Waals surface area contributed by atoms with E-state index in [0.29, 0.717) is 6.41 Å². The van der Waals surface area contributed by atoms with E-state index in [2.05, 4.69) is 20.7 Å². The van der Waals surface area contributed by atoms with Gasteiger partial charge in [-0.3, -0.25) is 25.7 Å². The molecule has 1 heterocycles. The number of amidine groups is 1. The molecule has 0 aromatic carbocycles. The van der Waals surface area contributed by atoms with E-state index in [1.165, 1.54) is 0 Å². The predicted octanol–water partition coefficient (Wildman–Crippen LogP) is 2.66. The van der Waals surface area contributed by atoms with Crippen molar-refractivity contribution in [3.8, 4) is 0 Å². The van der Waals surface area contributed by atoms with Crippen LogP contribution in [0, 0.1) is 5.92 Å². The average molecular weight is 522 g/mol. The summed E-state index contributed by atoms with van der Waals surface area (Å²) in [6, 6.07) is -2.35. The molecule has 0 aliphatic heterocycles. The molecule has 1 fully saturated rings. The van der Waals surface area contributed by atoms with Crippen molar-refractivity contribution in [2.24, 2.45) is 16.8 Å². The molecule has 17 heteroatoms. The number of rotatable bonds is 11. The third-order valence-corrected chi connectivity index (χ3v) is 5.43. The van der Waals surface area contributed by atoms with Crippen LogP contribution in [0.15, 0.2) is 17.4 Å². The Labute approximate surface area is 194 Å². The number of alkyl halides is 8. The first-order valence-electron chi connectivity index (χ1n) is 10.5. The Hall–Kier alpha value is -2.69. The number of aliphatic imine (C=N–C) groups is 1. The van der Waals surface area contributed by atoms with Gasteiger partial charge >= 0.3 is 12.4 Å². The van der Waals surface area contributed by atoms with Gasteiger partial charge in [0.25, 0.3) is 0 Å². The minimum absolute atomic E-state index is 0.0578. The molecule has 2 rings (SSSR count). The van der Waals surface area contributed by atoms with Gasteiger partial charge in [-0.05, 0) is 18.8 Å². The molecular weight excluding hydrogens is 496 g/mol. The molecule has 1 aromatic heterocycles. The first-order chi connectivity index (χ1) is 16.2. The fourth-order valence-electron chi connectivity index (χ4n) is 3.75. The van der Waals surface area contributed by atoms with Crippen LogP contribution in [-0.2, 0) is 4.79 Å². The molecule has 0 spiro atoms. The number of halogens is 8. The fraction of sp³-hybridized carbons (Fsp3) is 0.722. The lowest BCUT2D eigenvalue weighted by molar-refractivity contribution is -0.139. The number of amides is 1. The summed E-state index contributed by atoms with van der Waals surface area (Å²) >= 11 is 0. The maximum absolute atomic E-state index is 13.4. The zero-order chi connectivity index (χ0) is 26.3. The van der Waals surface area contributed by atoms with E-state index >= 15 is 0 Å². The summed E-state index contributed by atoms with van der Waals surface area (Å²) in [6.45, 7) is -1.69. The van der Waals surface area contributed by atoms with Gasteiger partial charge in [0.05, 0.1) is 18.3 Å². The number of hydrogen-bond donors (Lipinski definition) is 5. The number of hydrazine groups is 2. The van der Waals surface area contributed by atoms with Gasteiger partial charge in [0.15, 0.2) is 0 Å². The van der Waals surface area contributed by atoms with Gasteiger partial charge in [-0.15, -0.1) is 0 Å². The van der Waals surface area contributed by atoms with Crippen molar-refractivity contribution in [2.45, 2.75) is 62.5 Å². The second-order valence-electron chi connectivity index (χ2n) is 8.10. The Bertz CT molecular complexity index is 831. The highest BCUT2D eigenvalue weighted by Crippen LogP contribution is 2.37. The molecule has 1 aromatic rings. The number of anilines is 1. The van der Waals surface area contributed by atoms with E-state index in [-0.39, 0.29) is 43.8 Å².